The number of hydrogen-bond donors (Lipinski definition) is 0. The van der Waals surface area contributed by atoms with E-state index in [1.807, 2.05) is 36.4 Å². The first-order valence-electron chi connectivity index (χ1n) is 16.2. The minimum atomic E-state index is -0.661. The van der Waals surface area contributed by atoms with Crippen molar-refractivity contribution in [2.75, 3.05) is 0 Å². The van der Waals surface area contributed by atoms with E-state index in [9.17, 15) is 9.59 Å². The molecule has 236 valence electrons. The molecular formula is C45H32O4. The Labute approximate surface area is 284 Å². The summed E-state index contributed by atoms with van der Waals surface area (Å²) in [5.41, 5.74) is 7.15. The molecule has 4 nitrogen and oxygen atoms in total. The molecule has 7 aromatic rings. The van der Waals surface area contributed by atoms with Crippen LogP contribution in [0.25, 0.3) is 43.4 Å². The van der Waals surface area contributed by atoms with E-state index in [2.05, 4.69) is 110 Å². The Morgan fingerprint density at radius 3 is 1.59 bits per heavy atom. The molecule has 0 N–H and O–H groups in total. The molecule has 0 amide bonds. The highest BCUT2D eigenvalue weighted by atomic mass is 16.5. The summed E-state index contributed by atoms with van der Waals surface area (Å²) in [6, 6.07) is 46.4. The molecule has 4 heteroatoms. The summed E-state index contributed by atoms with van der Waals surface area (Å²) in [6.07, 6.45) is 0. The molecule has 1 aliphatic carbocycles. The summed E-state index contributed by atoms with van der Waals surface area (Å²) >= 11 is 0. The zero-order valence-electron chi connectivity index (χ0n) is 27.2. The normalized spacial score (nSPS) is 12.8. The number of rotatable bonds is 6. The van der Waals surface area contributed by atoms with Crippen LogP contribution in [0, 0.1) is 0 Å². The van der Waals surface area contributed by atoms with Gasteiger partial charge in [-0.1, -0.05) is 110 Å². The SMILES string of the molecule is C=C(C)C(=O)Oc1ccc2cc(C3(c4ccc5cc(OC(=O)C(=C)C)ccc5c4)c4ccccc4-c4ccc5ccccc5c43)ccc2c1. The van der Waals surface area contributed by atoms with E-state index in [0.717, 1.165) is 32.7 Å². The van der Waals surface area contributed by atoms with E-state index in [1.165, 1.54) is 33.0 Å². The van der Waals surface area contributed by atoms with Gasteiger partial charge >= 0.3 is 11.9 Å². The molecule has 8 rings (SSSR count). The third-order valence-corrected chi connectivity index (χ3v) is 9.53. The van der Waals surface area contributed by atoms with Crippen molar-refractivity contribution in [1.29, 1.82) is 0 Å². The second-order valence-corrected chi connectivity index (χ2v) is 12.8. The van der Waals surface area contributed by atoms with Crippen molar-refractivity contribution >= 4 is 44.3 Å². The molecule has 0 spiro atoms. The van der Waals surface area contributed by atoms with Gasteiger partial charge in [0.2, 0.25) is 0 Å². The number of ether oxygens (including phenoxy) is 2. The highest BCUT2D eigenvalue weighted by Crippen LogP contribution is 2.58. The van der Waals surface area contributed by atoms with Gasteiger partial charge in [0, 0.05) is 11.1 Å². The summed E-state index contributed by atoms with van der Waals surface area (Å²) in [4.78, 5) is 24.5. The molecule has 0 saturated heterocycles. The van der Waals surface area contributed by atoms with Crippen LogP contribution in [0.4, 0.5) is 0 Å². The Morgan fingerprint density at radius 2 is 1.00 bits per heavy atom. The monoisotopic (exact) mass is 636 g/mol. The maximum absolute atomic E-state index is 12.3. The van der Waals surface area contributed by atoms with Gasteiger partial charge in [-0.2, -0.15) is 0 Å². The lowest BCUT2D eigenvalue weighted by atomic mass is 9.66. The molecule has 0 atom stereocenters. The second kappa shape index (κ2) is 11.5. The van der Waals surface area contributed by atoms with Crippen LogP contribution >= 0.6 is 0 Å². The number of esters is 2. The van der Waals surface area contributed by atoms with E-state index < -0.39 is 17.4 Å². The van der Waals surface area contributed by atoms with Gasteiger partial charge in [-0.05, 0) is 116 Å². The molecular weight excluding hydrogens is 604 g/mol. The average Bonchev–Trinajstić information content (AvgIpc) is 3.42. The number of carbonyl (C=O) groups is 2. The van der Waals surface area contributed by atoms with Gasteiger partial charge < -0.3 is 9.47 Å². The Hall–Kier alpha value is -6.26. The number of carbonyl (C=O) groups excluding carboxylic acids is 2. The Kier molecular flexibility index (Phi) is 7.04. The number of benzene rings is 7. The van der Waals surface area contributed by atoms with Crippen molar-refractivity contribution in [3.63, 3.8) is 0 Å². The minimum Gasteiger partial charge on any atom is -0.423 e. The van der Waals surface area contributed by atoms with Gasteiger partial charge in [-0.3, -0.25) is 0 Å². The lowest BCUT2D eigenvalue weighted by Crippen LogP contribution is -2.29. The molecule has 7 aromatic carbocycles. The fourth-order valence-corrected chi connectivity index (χ4v) is 7.28. The Morgan fingerprint density at radius 1 is 0.510 bits per heavy atom. The van der Waals surface area contributed by atoms with Crippen LogP contribution < -0.4 is 9.47 Å². The molecule has 0 unspecified atom stereocenters. The maximum Gasteiger partial charge on any atom is 0.338 e. The standard InChI is InChI=1S/C45H32O4/c1-27(2)43(46)48-36-20-15-30-23-34(18-13-32(30)25-36)45(35-19-14-33-26-37(21-16-31(33)24-35)49-44(47)28(3)4)41-12-8-7-11-39(41)40-22-17-29-9-5-6-10-38(29)42(40)45/h5-26H,1,3H2,2,4H3. The second-order valence-electron chi connectivity index (χ2n) is 12.8. The zero-order chi connectivity index (χ0) is 33.9. The van der Waals surface area contributed by atoms with Crippen molar-refractivity contribution in [3.8, 4) is 22.6 Å². The summed E-state index contributed by atoms with van der Waals surface area (Å²) < 4.78 is 11.1. The molecule has 0 heterocycles. The van der Waals surface area contributed by atoms with Crippen molar-refractivity contribution in [1.82, 2.24) is 0 Å². The summed E-state index contributed by atoms with van der Waals surface area (Å²) in [5, 5.41) is 6.36. The summed E-state index contributed by atoms with van der Waals surface area (Å²) in [5.74, 6) is 0.0680. The first-order chi connectivity index (χ1) is 23.7. The van der Waals surface area contributed by atoms with Crippen molar-refractivity contribution in [2.24, 2.45) is 0 Å². The largest absolute Gasteiger partial charge is 0.423 e. The topological polar surface area (TPSA) is 52.6 Å². The zero-order valence-corrected chi connectivity index (χ0v) is 27.2. The highest BCUT2D eigenvalue weighted by Gasteiger charge is 2.47. The molecule has 0 fully saturated rings. The van der Waals surface area contributed by atoms with E-state index in [0.29, 0.717) is 22.6 Å². The fourth-order valence-electron chi connectivity index (χ4n) is 7.28. The van der Waals surface area contributed by atoms with E-state index in [-0.39, 0.29) is 0 Å². The summed E-state index contributed by atoms with van der Waals surface area (Å²) in [6.45, 7) is 10.7. The van der Waals surface area contributed by atoms with Crippen LogP contribution in [-0.4, -0.2) is 11.9 Å². The van der Waals surface area contributed by atoms with E-state index in [1.54, 1.807) is 13.8 Å². The smallest absolute Gasteiger partial charge is 0.338 e. The van der Waals surface area contributed by atoms with Crippen LogP contribution in [0.3, 0.4) is 0 Å². The quantitative estimate of drug-likeness (QED) is 0.104. The Bertz CT molecular complexity index is 2440. The molecule has 49 heavy (non-hydrogen) atoms. The lowest BCUT2D eigenvalue weighted by molar-refractivity contribution is -0.130. The molecule has 1 aliphatic rings. The molecule has 0 radical (unpaired) electrons. The van der Waals surface area contributed by atoms with Crippen molar-refractivity contribution in [2.45, 2.75) is 19.3 Å². The number of hydrogen-bond acceptors (Lipinski definition) is 4. The predicted molar refractivity (Wildman–Crippen MR) is 197 cm³/mol. The molecule has 0 aliphatic heterocycles. The van der Waals surface area contributed by atoms with Gasteiger partial charge in [0.1, 0.15) is 11.5 Å². The Balaban J connectivity index is 1.39. The summed E-state index contributed by atoms with van der Waals surface area (Å²) in [7, 11) is 0. The predicted octanol–water partition coefficient (Wildman–Crippen LogP) is 10.5. The first kappa shape index (κ1) is 30.1. The van der Waals surface area contributed by atoms with Crippen molar-refractivity contribution < 1.29 is 19.1 Å². The van der Waals surface area contributed by atoms with Gasteiger partial charge in [0.15, 0.2) is 0 Å². The van der Waals surface area contributed by atoms with Crippen LogP contribution in [0.1, 0.15) is 36.1 Å². The molecule has 0 saturated carbocycles. The minimum absolute atomic E-state index is 0.350. The van der Waals surface area contributed by atoms with Crippen LogP contribution in [0.2, 0.25) is 0 Å². The van der Waals surface area contributed by atoms with Gasteiger partial charge in [-0.15, -0.1) is 0 Å². The van der Waals surface area contributed by atoms with Crippen LogP contribution in [0.15, 0.2) is 158 Å². The number of fused-ring (bicyclic) bond motifs is 7. The first-order valence-corrected chi connectivity index (χ1v) is 16.2. The van der Waals surface area contributed by atoms with E-state index >= 15 is 0 Å². The molecule has 0 aromatic heterocycles. The highest BCUT2D eigenvalue weighted by molar-refractivity contribution is 6.01. The molecule has 0 bridgehead atoms. The lowest BCUT2D eigenvalue weighted by Gasteiger charge is -2.35. The third-order valence-electron chi connectivity index (χ3n) is 9.53. The third kappa shape index (κ3) is 4.84. The van der Waals surface area contributed by atoms with Crippen LogP contribution in [-0.2, 0) is 15.0 Å². The van der Waals surface area contributed by atoms with Gasteiger partial charge in [0.25, 0.3) is 0 Å². The van der Waals surface area contributed by atoms with Crippen LogP contribution in [0.5, 0.6) is 11.5 Å². The van der Waals surface area contributed by atoms with Crippen molar-refractivity contribution in [3.05, 3.63) is 180 Å². The maximum atomic E-state index is 12.3. The van der Waals surface area contributed by atoms with E-state index in [4.69, 9.17) is 9.47 Å². The van der Waals surface area contributed by atoms with Gasteiger partial charge in [0.05, 0.1) is 5.41 Å². The fraction of sp³-hybridized carbons (Fsp3) is 0.0667. The average molecular weight is 637 g/mol. The van der Waals surface area contributed by atoms with Gasteiger partial charge in [-0.25, -0.2) is 9.59 Å².